The smallest absolute Gasteiger partial charge is 0.159 e. The van der Waals surface area contributed by atoms with Gasteiger partial charge in [0.15, 0.2) is 11.6 Å². The fourth-order valence-electron chi connectivity index (χ4n) is 1.21. The fraction of sp³-hybridized carbons (Fsp3) is 0.200. The number of hydrogen-bond acceptors (Lipinski definition) is 1. The molecule has 0 unspecified atom stereocenters. The van der Waals surface area contributed by atoms with E-state index in [-0.39, 0.29) is 12.4 Å². The lowest BCUT2D eigenvalue weighted by molar-refractivity contribution is 0.508. The maximum absolute atomic E-state index is 12.7. The van der Waals surface area contributed by atoms with Crippen molar-refractivity contribution in [2.75, 3.05) is 13.1 Å². The third kappa shape index (κ3) is 2.30. The minimum Gasteiger partial charge on any atom is -0.309 e. The summed E-state index contributed by atoms with van der Waals surface area (Å²) in [7, 11) is 0. The lowest BCUT2D eigenvalue weighted by atomic mass is 10.1. The first-order chi connectivity index (χ1) is 6.25. The maximum atomic E-state index is 12.7. The Morgan fingerprint density at radius 3 is 2.36 bits per heavy atom. The molecule has 0 saturated carbocycles. The molecule has 1 nitrogen and oxygen atoms in total. The molecule has 0 atom stereocenters. The molecule has 4 heteroatoms. The van der Waals surface area contributed by atoms with Crippen molar-refractivity contribution in [1.82, 2.24) is 5.32 Å². The Balaban J connectivity index is 0.000000980. The van der Waals surface area contributed by atoms with Gasteiger partial charge in [0.1, 0.15) is 0 Å². The molecule has 1 fully saturated rings. The van der Waals surface area contributed by atoms with Crippen molar-refractivity contribution in [2.45, 2.75) is 0 Å². The number of hydrogen-bond donors (Lipinski definition) is 1. The summed E-state index contributed by atoms with van der Waals surface area (Å²) in [5.41, 5.74) is 1.93. The van der Waals surface area contributed by atoms with Crippen LogP contribution in [0.25, 0.3) is 6.08 Å². The van der Waals surface area contributed by atoms with Gasteiger partial charge >= 0.3 is 0 Å². The largest absolute Gasteiger partial charge is 0.309 e. The van der Waals surface area contributed by atoms with Crippen LogP contribution in [0.15, 0.2) is 23.8 Å². The summed E-state index contributed by atoms with van der Waals surface area (Å²) in [6.07, 6.45) is 1.87. The molecule has 0 radical (unpaired) electrons. The standard InChI is InChI=1S/C10H9F2N.ClH/c11-9-2-1-7(4-10(9)12)3-8-5-13-6-8;/h1-4,13H,5-6H2;1H. The molecule has 1 aliphatic heterocycles. The number of benzene rings is 1. The van der Waals surface area contributed by atoms with Crippen LogP contribution in [-0.2, 0) is 0 Å². The van der Waals surface area contributed by atoms with Gasteiger partial charge in [0.05, 0.1) is 0 Å². The highest BCUT2D eigenvalue weighted by Gasteiger charge is 2.07. The zero-order valence-electron chi connectivity index (χ0n) is 7.39. The highest BCUT2D eigenvalue weighted by atomic mass is 35.5. The van der Waals surface area contributed by atoms with Gasteiger partial charge in [-0.3, -0.25) is 0 Å². The minimum atomic E-state index is -0.797. The van der Waals surface area contributed by atoms with Crippen LogP contribution in [0.4, 0.5) is 8.78 Å². The van der Waals surface area contributed by atoms with Crippen molar-refractivity contribution < 1.29 is 8.78 Å². The summed E-state index contributed by atoms with van der Waals surface area (Å²) in [5, 5.41) is 3.07. The van der Waals surface area contributed by atoms with E-state index in [9.17, 15) is 8.78 Å². The second-order valence-corrected chi connectivity index (χ2v) is 3.08. The molecule has 0 amide bonds. The summed E-state index contributed by atoms with van der Waals surface area (Å²) < 4.78 is 25.3. The van der Waals surface area contributed by atoms with Crippen LogP contribution < -0.4 is 5.32 Å². The highest BCUT2D eigenvalue weighted by molar-refractivity contribution is 5.85. The van der Waals surface area contributed by atoms with Crippen molar-refractivity contribution in [3.05, 3.63) is 41.0 Å². The van der Waals surface area contributed by atoms with Gasteiger partial charge in [-0.2, -0.15) is 0 Å². The second kappa shape index (κ2) is 4.53. The Labute approximate surface area is 87.2 Å². The molecule has 1 heterocycles. The molecule has 0 aliphatic carbocycles. The second-order valence-electron chi connectivity index (χ2n) is 3.08. The Bertz CT molecular complexity index is 357. The van der Waals surface area contributed by atoms with Crippen LogP contribution in [0.3, 0.4) is 0 Å². The zero-order chi connectivity index (χ0) is 9.26. The summed E-state index contributed by atoms with van der Waals surface area (Å²) in [6.45, 7) is 1.69. The van der Waals surface area contributed by atoms with Crippen LogP contribution in [0.2, 0.25) is 0 Å². The predicted molar refractivity (Wildman–Crippen MR) is 54.5 cm³/mol. The van der Waals surface area contributed by atoms with E-state index in [2.05, 4.69) is 5.32 Å². The first-order valence-electron chi connectivity index (χ1n) is 4.11. The normalized spacial score (nSPS) is 14.3. The lowest BCUT2D eigenvalue weighted by Gasteiger charge is -2.18. The lowest BCUT2D eigenvalue weighted by Crippen LogP contribution is -2.33. The van der Waals surface area contributed by atoms with Crippen LogP contribution in [0.1, 0.15) is 5.56 Å². The van der Waals surface area contributed by atoms with Crippen LogP contribution >= 0.6 is 12.4 Å². The van der Waals surface area contributed by atoms with Gasteiger partial charge in [-0.25, -0.2) is 8.78 Å². The first-order valence-corrected chi connectivity index (χ1v) is 4.11. The topological polar surface area (TPSA) is 12.0 Å². The molecule has 1 aromatic carbocycles. The van der Waals surface area contributed by atoms with Gasteiger partial charge < -0.3 is 5.32 Å². The van der Waals surface area contributed by atoms with E-state index in [0.717, 1.165) is 24.7 Å². The van der Waals surface area contributed by atoms with E-state index >= 15 is 0 Å². The van der Waals surface area contributed by atoms with Gasteiger partial charge in [-0.15, -0.1) is 12.4 Å². The summed E-state index contributed by atoms with van der Waals surface area (Å²) in [6, 6.07) is 3.93. The van der Waals surface area contributed by atoms with Crippen LogP contribution in [0.5, 0.6) is 0 Å². The quantitative estimate of drug-likeness (QED) is 0.762. The molecule has 1 aromatic rings. The summed E-state index contributed by atoms with van der Waals surface area (Å²) >= 11 is 0. The molecule has 76 valence electrons. The maximum Gasteiger partial charge on any atom is 0.159 e. The average Bonchev–Trinajstić information content (AvgIpc) is 2.04. The van der Waals surface area contributed by atoms with Crippen molar-refractivity contribution in [2.24, 2.45) is 0 Å². The number of halogens is 3. The molecule has 1 saturated heterocycles. The zero-order valence-corrected chi connectivity index (χ0v) is 8.20. The number of rotatable bonds is 1. The highest BCUT2D eigenvalue weighted by Crippen LogP contribution is 2.13. The predicted octanol–water partition coefficient (Wildman–Crippen LogP) is 2.37. The summed E-state index contributed by atoms with van der Waals surface area (Å²) in [4.78, 5) is 0. The molecular formula is C10H10ClF2N. The van der Waals surface area contributed by atoms with Crippen molar-refractivity contribution >= 4 is 18.5 Å². The molecule has 0 bridgehead atoms. The van der Waals surface area contributed by atoms with E-state index in [1.165, 1.54) is 11.6 Å². The van der Waals surface area contributed by atoms with Gasteiger partial charge in [-0.05, 0) is 23.3 Å². The van der Waals surface area contributed by atoms with Crippen LogP contribution in [-0.4, -0.2) is 13.1 Å². The fourth-order valence-corrected chi connectivity index (χ4v) is 1.21. The molecule has 1 N–H and O–H groups in total. The van der Waals surface area contributed by atoms with Gasteiger partial charge in [0.25, 0.3) is 0 Å². The molecular weight excluding hydrogens is 208 g/mol. The monoisotopic (exact) mass is 217 g/mol. The molecule has 14 heavy (non-hydrogen) atoms. The Hall–Kier alpha value is -0.930. The molecule has 2 rings (SSSR count). The van der Waals surface area contributed by atoms with E-state index in [1.807, 2.05) is 6.08 Å². The van der Waals surface area contributed by atoms with E-state index < -0.39 is 11.6 Å². The Kier molecular flexibility index (Phi) is 3.61. The first kappa shape index (κ1) is 11.1. The third-order valence-corrected chi connectivity index (χ3v) is 2.02. The Morgan fingerprint density at radius 2 is 1.86 bits per heavy atom. The van der Waals surface area contributed by atoms with E-state index in [4.69, 9.17) is 0 Å². The minimum absolute atomic E-state index is 0. The van der Waals surface area contributed by atoms with E-state index in [0.29, 0.717) is 0 Å². The molecule has 1 aliphatic rings. The van der Waals surface area contributed by atoms with Crippen LogP contribution in [0, 0.1) is 11.6 Å². The van der Waals surface area contributed by atoms with Crippen molar-refractivity contribution in [3.63, 3.8) is 0 Å². The SMILES string of the molecule is Cl.Fc1ccc(C=C2CNC2)cc1F. The third-order valence-electron chi connectivity index (χ3n) is 2.02. The summed E-state index contributed by atoms with van der Waals surface area (Å²) in [5.74, 6) is -1.59. The van der Waals surface area contributed by atoms with Gasteiger partial charge in [0, 0.05) is 13.1 Å². The molecule has 0 aromatic heterocycles. The average molecular weight is 218 g/mol. The van der Waals surface area contributed by atoms with E-state index in [1.54, 1.807) is 6.07 Å². The van der Waals surface area contributed by atoms with Crippen molar-refractivity contribution in [3.8, 4) is 0 Å². The van der Waals surface area contributed by atoms with Crippen molar-refractivity contribution in [1.29, 1.82) is 0 Å². The molecule has 0 spiro atoms. The van der Waals surface area contributed by atoms with Gasteiger partial charge in [0.2, 0.25) is 0 Å². The van der Waals surface area contributed by atoms with Gasteiger partial charge in [-0.1, -0.05) is 12.1 Å². The Morgan fingerprint density at radius 1 is 1.14 bits per heavy atom. The number of nitrogens with one attached hydrogen (secondary N) is 1.